The van der Waals surface area contributed by atoms with Crippen LogP contribution in [-0.4, -0.2) is 19.9 Å². The summed E-state index contributed by atoms with van der Waals surface area (Å²) in [5.41, 5.74) is 3.48. The third kappa shape index (κ3) is 1.45. The minimum absolute atomic E-state index is 0.382. The topological polar surface area (TPSA) is 30.5 Å². The van der Waals surface area contributed by atoms with E-state index < -0.39 is 0 Å². The van der Waals surface area contributed by atoms with Gasteiger partial charge in [-0.05, 0) is 67.4 Å². The molecule has 0 atom stereocenters. The van der Waals surface area contributed by atoms with Crippen molar-refractivity contribution in [3.63, 3.8) is 0 Å². The van der Waals surface area contributed by atoms with E-state index in [9.17, 15) is 0 Å². The lowest BCUT2D eigenvalue weighted by Gasteiger charge is -2.33. The number of benzene rings is 1. The van der Waals surface area contributed by atoms with Gasteiger partial charge in [-0.25, -0.2) is 0 Å². The molecule has 1 aromatic rings. The lowest BCUT2D eigenvalue weighted by molar-refractivity contribution is 0.173. The van der Waals surface area contributed by atoms with E-state index in [1.54, 1.807) is 0 Å². The van der Waals surface area contributed by atoms with E-state index in [1.165, 1.54) is 49.9 Å². The van der Waals surface area contributed by atoms with Gasteiger partial charge >= 0.3 is 0 Å². The van der Waals surface area contributed by atoms with E-state index in [0.717, 1.165) is 11.5 Å². The number of piperidine rings is 1. The highest BCUT2D eigenvalue weighted by molar-refractivity contribution is 5.51. The van der Waals surface area contributed by atoms with Gasteiger partial charge in [0.2, 0.25) is 6.79 Å². The van der Waals surface area contributed by atoms with Crippen LogP contribution < -0.4 is 14.8 Å². The molecule has 1 aliphatic carbocycles. The Hall–Kier alpha value is -1.22. The van der Waals surface area contributed by atoms with Crippen molar-refractivity contribution in [3.8, 4) is 11.5 Å². The van der Waals surface area contributed by atoms with Crippen molar-refractivity contribution in [2.75, 3.05) is 19.9 Å². The van der Waals surface area contributed by atoms with Gasteiger partial charge in [-0.15, -0.1) is 0 Å². The van der Waals surface area contributed by atoms with Crippen LogP contribution in [0.2, 0.25) is 0 Å². The van der Waals surface area contributed by atoms with Gasteiger partial charge in [0.1, 0.15) is 0 Å². The van der Waals surface area contributed by atoms with Crippen molar-refractivity contribution in [1.82, 2.24) is 5.32 Å². The van der Waals surface area contributed by atoms with Crippen LogP contribution in [0.15, 0.2) is 12.1 Å². The van der Waals surface area contributed by atoms with E-state index in [0.29, 0.717) is 12.2 Å². The molecule has 4 rings (SSSR count). The van der Waals surface area contributed by atoms with Crippen LogP contribution >= 0.6 is 0 Å². The summed E-state index contributed by atoms with van der Waals surface area (Å²) in [6, 6.07) is 4.41. The van der Waals surface area contributed by atoms with Crippen molar-refractivity contribution < 1.29 is 9.47 Å². The summed E-state index contributed by atoms with van der Waals surface area (Å²) in [6.45, 7) is 2.72. The van der Waals surface area contributed by atoms with E-state index in [-0.39, 0.29) is 0 Å². The Bertz CT molecular complexity index is 429. The summed E-state index contributed by atoms with van der Waals surface area (Å²) < 4.78 is 10.9. The van der Waals surface area contributed by atoms with E-state index in [2.05, 4.69) is 17.4 Å². The van der Waals surface area contributed by atoms with Crippen LogP contribution in [0.25, 0.3) is 0 Å². The molecule has 90 valence electrons. The van der Waals surface area contributed by atoms with Gasteiger partial charge in [-0.1, -0.05) is 0 Å². The normalized spacial score (nSPS) is 24.0. The average molecular weight is 231 g/mol. The first-order valence-corrected chi connectivity index (χ1v) is 6.47. The maximum atomic E-state index is 5.46. The summed E-state index contributed by atoms with van der Waals surface area (Å²) in [6.07, 6.45) is 5.05. The smallest absolute Gasteiger partial charge is 0.231 e. The number of fused-ring (bicyclic) bond motifs is 2. The molecule has 0 bridgehead atoms. The average Bonchev–Trinajstić information content (AvgIpc) is 2.89. The van der Waals surface area contributed by atoms with E-state index in [4.69, 9.17) is 9.47 Å². The maximum Gasteiger partial charge on any atom is 0.231 e. The monoisotopic (exact) mass is 231 g/mol. The zero-order valence-corrected chi connectivity index (χ0v) is 9.92. The predicted molar refractivity (Wildman–Crippen MR) is 64.5 cm³/mol. The fourth-order valence-corrected chi connectivity index (χ4v) is 3.54. The molecule has 1 spiro atoms. The largest absolute Gasteiger partial charge is 0.454 e. The van der Waals surface area contributed by atoms with E-state index in [1.807, 2.05) is 0 Å². The molecule has 0 unspecified atom stereocenters. The molecule has 17 heavy (non-hydrogen) atoms. The fourth-order valence-electron chi connectivity index (χ4n) is 3.54. The van der Waals surface area contributed by atoms with Crippen LogP contribution in [0.1, 0.15) is 24.0 Å². The molecule has 0 radical (unpaired) electrons. The summed E-state index contributed by atoms with van der Waals surface area (Å²) >= 11 is 0. The molecule has 2 aliphatic heterocycles. The minimum Gasteiger partial charge on any atom is -0.454 e. The molecule has 3 aliphatic rings. The SMILES string of the molecule is c1c2c(cc3c1OCO3)CC1(CCNCC1)C2. The van der Waals surface area contributed by atoms with Crippen molar-refractivity contribution in [3.05, 3.63) is 23.3 Å². The quantitative estimate of drug-likeness (QED) is 0.739. The van der Waals surface area contributed by atoms with Crippen molar-refractivity contribution in [2.24, 2.45) is 5.41 Å². The molecule has 2 heterocycles. The maximum absolute atomic E-state index is 5.46. The standard InChI is InChI=1S/C14H17NO2/c1-3-15-4-2-14(1)7-10-5-12-13(17-9-16-12)6-11(10)8-14/h5-6,15H,1-4,7-9H2. The second-order valence-corrected chi connectivity index (χ2v) is 5.58. The molecule has 1 saturated heterocycles. The third-order valence-corrected chi connectivity index (χ3v) is 4.49. The van der Waals surface area contributed by atoms with Crippen LogP contribution in [-0.2, 0) is 12.8 Å². The summed E-state index contributed by atoms with van der Waals surface area (Å²) in [4.78, 5) is 0. The van der Waals surface area contributed by atoms with Crippen LogP contribution in [0.4, 0.5) is 0 Å². The lowest BCUT2D eigenvalue weighted by Crippen LogP contribution is -2.37. The summed E-state index contributed by atoms with van der Waals surface area (Å²) in [7, 11) is 0. The summed E-state index contributed by atoms with van der Waals surface area (Å²) in [5.74, 6) is 1.88. The van der Waals surface area contributed by atoms with Gasteiger partial charge in [0.15, 0.2) is 11.5 Å². The number of hydrogen-bond acceptors (Lipinski definition) is 3. The lowest BCUT2D eigenvalue weighted by atomic mass is 9.76. The Kier molecular flexibility index (Phi) is 1.95. The van der Waals surface area contributed by atoms with Crippen molar-refractivity contribution >= 4 is 0 Å². The van der Waals surface area contributed by atoms with Gasteiger partial charge in [-0.3, -0.25) is 0 Å². The first-order chi connectivity index (χ1) is 8.35. The second kappa shape index (κ2) is 3.39. The molecule has 1 N–H and O–H groups in total. The minimum atomic E-state index is 0.382. The molecule has 3 heteroatoms. The Morgan fingerprint density at radius 3 is 2.12 bits per heavy atom. The van der Waals surface area contributed by atoms with Gasteiger partial charge in [0.05, 0.1) is 0 Å². The molecule has 0 saturated carbocycles. The van der Waals surface area contributed by atoms with E-state index >= 15 is 0 Å². The fraction of sp³-hybridized carbons (Fsp3) is 0.571. The van der Waals surface area contributed by atoms with Crippen molar-refractivity contribution in [1.29, 1.82) is 0 Å². The van der Waals surface area contributed by atoms with Crippen LogP contribution in [0.5, 0.6) is 11.5 Å². The van der Waals surface area contributed by atoms with Gasteiger partial charge in [-0.2, -0.15) is 0 Å². The van der Waals surface area contributed by atoms with Gasteiger partial charge < -0.3 is 14.8 Å². The van der Waals surface area contributed by atoms with Crippen LogP contribution in [0, 0.1) is 5.41 Å². The Labute approximate surface area is 101 Å². The number of ether oxygens (including phenoxy) is 2. The summed E-state index contributed by atoms with van der Waals surface area (Å²) in [5, 5.41) is 3.46. The highest BCUT2D eigenvalue weighted by Gasteiger charge is 2.39. The molecule has 0 amide bonds. The number of hydrogen-bond donors (Lipinski definition) is 1. The molecule has 1 aromatic carbocycles. The molecular weight excluding hydrogens is 214 g/mol. The molecule has 1 fully saturated rings. The third-order valence-electron chi connectivity index (χ3n) is 4.49. The van der Waals surface area contributed by atoms with Crippen LogP contribution in [0.3, 0.4) is 0 Å². The predicted octanol–water partition coefficient (Wildman–Crippen LogP) is 1.88. The Morgan fingerprint density at radius 1 is 0.941 bits per heavy atom. The first-order valence-electron chi connectivity index (χ1n) is 6.47. The van der Waals surface area contributed by atoms with Gasteiger partial charge in [0.25, 0.3) is 0 Å². The highest BCUT2D eigenvalue weighted by Crippen LogP contribution is 2.47. The number of nitrogens with one attached hydrogen (secondary N) is 1. The molecule has 0 aromatic heterocycles. The highest BCUT2D eigenvalue weighted by atomic mass is 16.7. The zero-order chi connectivity index (χ0) is 11.3. The van der Waals surface area contributed by atoms with Crippen molar-refractivity contribution in [2.45, 2.75) is 25.7 Å². The second-order valence-electron chi connectivity index (χ2n) is 5.58. The Balaban J connectivity index is 1.69. The molecule has 3 nitrogen and oxygen atoms in total. The Morgan fingerprint density at radius 2 is 1.53 bits per heavy atom. The number of rotatable bonds is 0. The first kappa shape index (κ1) is 9.77. The molecular formula is C14H17NO2. The van der Waals surface area contributed by atoms with Gasteiger partial charge in [0, 0.05) is 0 Å². The zero-order valence-electron chi connectivity index (χ0n) is 9.92.